The number of rotatable bonds is 10. The maximum atomic E-state index is 13.7. The number of hydrogen-bond acceptors (Lipinski definition) is 6. The maximum Gasteiger partial charge on any atom is 0.136 e. The van der Waals surface area contributed by atoms with E-state index in [1.807, 2.05) is 19.9 Å². The molecule has 2 aromatic rings. The molecular formula is C24H35FN4O2. The van der Waals surface area contributed by atoms with Gasteiger partial charge in [-0.1, -0.05) is 25.5 Å². The molecular weight excluding hydrogens is 395 g/mol. The predicted molar refractivity (Wildman–Crippen MR) is 121 cm³/mol. The van der Waals surface area contributed by atoms with Crippen molar-refractivity contribution in [2.45, 2.75) is 46.1 Å². The van der Waals surface area contributed by atoms with Crippen molar-refractivity contribution in [3.05, 3.63) is 52.7 Å². The van der Waals surface area contributed by atoms with Gasteiger partial charge in [0.25, 0.3) is 0 Å². The molecule has 0 radical (unpaired) electrons. The summed E-state index contributed by atoms with van der Waals surface area (Å²) in [6.07, 6.45) is 2.27. The Morgan fingerprint density at radius 2 is 1.94 bits per heavy atom. The second-order valence-corrected chi connectivity index (χ2v) is 8.34. The van der Waals surface area contributed by atoms with Crippen molar-refractivity contribution in [3.63, 3.8) is 0 Å². The number of aliphatic hydroxyl groups is 1. The van der Waals surface area contributed by atoms with Crippen molar-refractivity contribution in [2.24, 2.45) is 0 Å². The van der Waals surface area contributed by atoms with Crippen molar-refractivity contribution >= 4 is 5.82 Å². The minimum atomic E-state index is -0.463. The molecule has 1 unspecified atom stereocenters. The molecule has 1 fully saturated rings. The predicted octanol–water partition coefficient (Wildman–Crippen LogP) is 3.12. The number of hydrogen-bond donors (Lipinski definition) is 1. The second-order valence-electron chi connectivity index (χ2n) is 8.34. The lowest BCUT2D eigenvalue weighted by Gasteiger charge is -2.37. The maximum absolute atomic E-state index is 13.7. The molecule has 3 rings (SSSR count). The van der Waals surface area contributed by atoms with Gasteiger partial charge in [0.2, 0.25) is 0 Å². The number of aromatic nitrogens is 2. The molecule has 7 heteroatoms. The topological polar surface area (TPSA) is 61.7 Å². The SMILES string of the molecule is CCCCOCC(O)CN1CCN(c2nc(C)nc(C)c2Cc2cccc(F)c2)CC1. The van der Waals surface area contributed by atoms with Crippen molar-refractivity contribution in [2.75, 3.05) is 50.8 Å². The summed E-state index contributed by atoms with van der Waals surface area (Å²) in [7, 11) is 0. The first-order valence-corrected chi connectivity index (χ1v) is 11.3. The van der Waals surface area contributed by atoms with E-state index in [1.165, 1.54) is 6.07 Å². The van der Waals surface area contributed by atoms with Gasteiger partial charge in [0.15, 0.2) is 0 Å². The average molecular weight is 431 g/mol. The number of anilines is 1. The van der Waals surface area contributed by atoms with Crippen LogP contribution in [0.4, 0.5) is 10.2 Å². The first-order valence-electron chi connectivity index (χ1n) is 11.3. The van der Waals surface area contributed by atoms with Crippen LogP contribution in [0.5, 0.6) is 0 Å². The Morgan fingerprint density at radius 3 is 2.65 bits per heavy atom. The van der Waals surface area contributed by atoms with E-state index in [1.54, 1.807) is 12.1 Å². The molecule has 2 heterocycles. The lowest BCUT2D eigenvalue weighted by atomic mass is 10.0. The van der Waals surface area contributed by atoms with Gasteiger partial charge >= 0.3 is 0 Å². The summed E-state index contributed by atoms with van der Waals surface area (Å²) >= 11 is 0. The van der Waals surface area contributed by atoms with Crippen LogP contribution in [0.2, 0.25) is 0 Å². The zero-order chi connectivity index (χ0) is 22.2. The summed E-state index contributed by atoms with van der Waals surface area (Å²) in [5.74, 6) is 1.46. The van der Waals surface area contributed by atoms with E-state index in [4.69, 9.17) is 9.72 Å². The molecule has 1 aromatic carbocycles. The van der Waals surface area contributed by atoms with Crippen molar-refractivity contribution in [1.29, 1.82) is 0 Å². The van der Waals surface area contributed by atoms with E-state index in [0.717, 1.165) is 67.5 Å². The molecule has 0 bridgehead atoms. The van der Waals surface area contributed by atoms with Gasteiger partial charge in [-0.15, -0.1) is 0 Å². The molecule has 0 amide bonds. The van der Waals surface area contributed by atoms with Gasteiger partial charge in [0.05, 0.1) is 12.7 Å². The highest BCUT2D eigenvalue weighted by Gasteiger charge is 2.23. The lowest BCUT2D eigenvalue weighted by Crippen LogP contribution is -2.49. The van der Waals surface area contributed by atoms with E-state index in [9.17, 15) is 9.50 Å². The van der Waals surface area contributed by atoms with Gasteiger partial charge in [0.1, 0.15) is 17.5 Å². The summed E-state index contributed by atoms with van der Waals surface area (Å²) in [6, 6.07) is 6.72. The summed E-state index contributed by atoms with van der Waals surface area (Å²) in [5.41, 5.74) is 2.91. The molecule has 31 heavy (non-hydrogen) atoms. The smallest absolute Gasteiger partial charge is 0.136 e. The fourth-order valence-electron chi connectivity index (χ4n) is 4.00. The van der Waals surface area contributed by atoms with Gasteiger partial charge in [-0.2, -0.15) is 0 Å². The summed E-state index contributed by atoms with van der Waals surface area (Å²) in [6.45, 7) is 11.1. The number of β-amino-alcohol motifs (C(OH)–C–C–N with tert-alkyl or cyclic N) is 1. The number of aliphatic hydroxyl groups excluding tert-OH is 1. The molecule has 1 aliphatic rings. The third-order valence-electron chi connectivity index (χ3n) is 5.67. The van der Waals surface area contributed by atoms with Crippen LogP contribution in [0.15, 0.2) is 24.3 Å². The van der Waals surface area contributed by atoms with Crippen LogP contribution in [0.1, 0.15) is 42.4 Å². The molecule has 0 saturated carbocycles. The highest BCUT2D eigenvalue weighted by Crippen LogP contribution is 2.25. The number of unbranched alkanes of at least 4 members (excludes halogenated alkanes) is 1. The Kier molecular flexibility index (Phi) is 8.75. The van der Waals surface area contributed by atoms with Gasteiger partial charge in [-0.3, -0.25) is 4.90 Å². The normalized spacial score (nSPS) is 16.0. The van der Waals surface area contributed by atoms with Gasteiger partial charge < -0.3 is 14.7 Å². The van der Waals surface area contributed by atoms with E-state index in [-0.39, 0.29) is 5.82 Å². The molecule has 170 valence electrons. The molecule has 1 aliphatic heterocycles. The zero-order valence-electron chi connectivity index (χ0n) is 19.0. The first kappa shape index (κ1) is 23.6. The molecule has 0 aliphatic carbocycles. The Balaban J connectivity index is 1.62. The number of benzene rings is 1. The third-order valence-corrected chi connectivity index (χ3v) is 5.67. The van der Waals surface area contributed by atoms with Crippen molar-refractivity contribution in [1.82, 2.24) is 14.9 Å². The second kappa shape index (κ2) is 11.5. The Labute approximate surface area is 185 Å². The minimum absolute atomic E-state index is 0.226. The zero-order valence-corrected chi connectivity index (χ0v) is 19.0. The Hall–Kier alpha value is -2.09. The molecule has 1 atom stereocenters. The Morgan fingerprint density at radius 1 is 1.16 bits per heavy atom. The molecule has 6 nitrogen and oxygen atoms in total. The van der Waals surface area contributed by atoms with E-state index < -0.39 is 6.10 Å². The lowest BCUT2D eigenvalue weighted by molar-refractivity contribution is 0.0150. The fourth-order valence-corrected chi connectivity index (χ4v) is 4.00. The summed E-state index contributed by atoms with van der Waals surface area (Å²) in [5, 5.41) is 10.3. The van der Waals surface area contributed by atoms with E-state index in [2.05, 4.69) is 21.7 Å². The monoisotopic (exact) mass is 430 g/mol. The number of ether oxygens (including phenoxy) is 1. The van der Waals surface area contributed by atoms with Crippen LogP contribution in [0, 0.1) is 19.7 Å². The largest absolute Gasteiger partial charge is 0.389 e. The highest BCUT2D eigenvalue weighted by atomic mass is 19.1. The minimum Gasteiger partial charge on any atom is -0.389 e. The van der Waals surface area contributed by atoms with Gasteiger partial charge in [0, 0.05) is 57.0 Å². The van der Waals surface area contributed by atoms with Crippen LogP contribution >= 0.6 is 0 Å². The molecule has 1 saturated heterocycles. The summed E-state index contributed by atoms with van der Waals surface area (Å²) < 4.78 is 19.2. The van der Waals surface area contributed by atoms with Gasteiger partial charge in [-0.05, 0) is 38.0 Å². The molecule has 1 N–H and O–H groups in total. The van der Waals surface area contributed by atoms with Crippen LogP contribution < -0.4 is 4.90 Å². The van der Waals surface area contributed by atoms with E-state index in [0.29, 0.717) is 26.2 Å². The first-order chi connectivity index (χ1) is 15.0. The number of nitrogens with zero attached hydrogens (tertiary/aromatic N) is 4. The molecule has 1 aromatic heterocycles. The van der Waals surface area contributed by atoms with Gasteiger partial charge in [-0.25, -0.2) is 14.4 Å². The molecule has 0 spiro atoms. The van der Waals surface area contributed by atoms with Crippen LogP contribution in [-0.2, 0) is 11.2 Å². The van der Waals surface area contributed by atoms with Crippen LogP contribution in [-0.4, -0.2) is 72.0 Å². The highest BCUT2D eigenvalue weighted by molar-refractivity contribution is 5.51. The van der Waals surface area contributed by atoms with Crippen molar-refractivity contribution in [3.8, 4) is 0 Å². The quantitative estimate of drug-likeness (QED) is 0.585. The van der Waals surface area contributed by atoms with E-state index >= 15 is 0 Å². The van der Waals surface area contributed by atoms with Crippen LogP contribution in [0.25, 0.3) is 0 Å². The third kappa shape index (κ3) is 6.95. The van der Waals surface area contributed by atoms with Crippen molar-refractivity contribution < 1.29 is 14.2 Å². The standard InChI is InChI=1S/C24H35FN4O2/c1-4-5-13-31-17-22(30)16-28-9-11-29(12-10-28)24-23(18(2)26-19(3)27-24)15-20-7-6-8-21(25)14-20/h6-8,14,22,30H,4-5,9-13,15-17H2,1-3H3. The fraction of sp³-hybridized carbons (Fsp3) is 0.583. The number of halogens is 1. The van der Waals surface area contributed by atoms with Crippen LogP contribution in [0.3, 0.4) is 0 Å². The number of piperazine rings is 1. The average Bonchev–Trinajstić information content (AvgIpc) is 2.74. The number of aryl methyl sites for hydroxylation is 2. The summed E-state index contributed by atoms with van der Waals surface area (Å²) in [4.78, 5) is 13.9. The Bertz CT molecular complexity index is 840.